The average molecular weight is 486 g/mol. The van der Waals surface area contributed by atoms with Crippen LogP contribution < -0.4 is 9.47 Å². The third kappa shape index (κ3) is 3.80. The second-order valence-corrected chi connectivity index (χ2v) is 8.95. The summed E-state index contributed by atoms with van der Waals surface area (Å²) in [7, 11) is 0. The summed E-state index contributed by atoms with van der Waals surface area (Å²) in [6.45, 7) is 1.67. The molecule has 3 fully saturated rings. The summed E-state index contributed by atoms with van der Waals surface area (Å²) in [5.41, 5.74) is 0.761. The van der Waals surface area contributed by atoms with Crippen molar-refractivity contribution in [3.05, 3.63) is 32.3 Å². The Labute approximate surface area is 182 Å². The molecule has 0 radical (unpaired) electrons. The highest BCUT2D eigenvalue weighted by Crippen LogP contribution is 2.49. The molecule has 1 aliphatic carbocycles. The van der Waals surface area contributed by atoms with Gasteiger partial charge in [-0.15, -0.1) is 0 Å². The zero-order chi connectivity index (χ0) is 20.7. The van der Waals surface area contributed by atoms with E-state index in [0.717, 1.165) is 29.3 Å². The molecule has 4 aliphatic rings. The summed E-state index contributed by atoms with van der Waals surface area (Å²) in [5, 5.41) is 12.3. The number of benzene rings is 1. The van der Waals surface area contributed by atoms with Gasteiger partial charge in [0, 0.05) is 28.8 Å². The molecule has 0 N–H and O–H groups in total. The minimum Gasteiger partial charge on any atom is -0.454 e. The van der Waals surface area contributed by atoms with E-state index in [9.17, 15) is 10.1 Å². The number of hydrogen-bond donors (Lipinski definition) is 0. The number of rotatable bonds is 4. The van der Waals surface area contributed by atoms with Crippen molar-refractivity contribution in [1.29, 1.82) is 0 Å². The van der Waals surface area contributed by atoms with Crippen molar-refractivity contribution >= 4 is 15.9 Å². The number of nitrogens with zero attached hydrogens (tertiary/aromatic N) is 1. The van der Waals surface area contributed by atoms with Crippen molar-refractivity contribution in [3.8, 4) is 11.5 Å². The summed E-state index contributed by atoms with van der Waals surface area (Å²) in [4.78, 5) is 12.0. The van der Waals surface area contributed by atoms with E-state index in [1.165, 1.54) is 0 Å². The fraction of sp³-hybridized carbons (Fsp3) is 0.700. The van der Waals surface area contributed by atoms with Crippen LogP contribution in [0.25, 0.3) is 0 Å². The predicted molar refractivity (Wildman–Crippen MR) is 106 cm³/mol. The molecule has 2 saturated heterocycles. The van der Waals surface area contributed by atoms with Gasteiger partial charge in [-0.1, -0.05) is 15.9 Å². The lowest BCUT2D eigenvalue weighted by Gasteiger charge is -2.43. The molecule has 0 amide bonds. The third-order valence-electron chi connectivity index (χ3n) is 6.25. The standard InChI is InChI=1S/C20H24BrNO8/c21-14-8-16-15(26-11-27-16)7-12(14)13-9-20(28-5-6-29-20)10-17(19(13)22(23)24)30-18-3-1-2-4-25-18/h7-8,13,17-19H,1-6,9-11H2. The van der Waals surface area contributed by atoms with Gasteiger partial charge in [-0.3, -0.25) is 10.1 Å². The van der Waals surface area contributed by atoms with Gasteiger partial charge in [0.05, 0.1) is 19.1 Å². The highest BCUT2D eigenvalue weighted by Gasteiger charge is 2.56. The van der Waals surface area contributed by atoms with Gasteiger partial charge in [0.25, 0.3) is 0 Å². The minimum absolute atomic E-state index is 0.134. The first kappa shape index (κ1) is 20.4. The van der Waals surface area contributed by atoms with Crippen molar-refractivity contribution in [3.63, 3.8) is 0 Å². The van der Waals surface area contributed by atoms with Crippen molar-refractivity contribution in [2.45, 2.75) is 62.2 Å². The zero-order valence-corrected chi connectivity index (χ0v) is 18.0. The van der Waals surface area contributed by atoms with Gasteiger partial charge in [-0.05, 0) is 37.0 Å². The molecular weight excluding hydrogens is 462 g/mol. The van der Waals surface area contributed by atoms with Crippen LogP contribution >= 0.6 is 15.9 Å². The molecule has 10 heteroatoms. The maximum absolute atomic E-state index is 12.3. The van der Waals surface area contributed by atoms with Crippen LogP contribution in [0.3, 0.4) is 0 Å². The van der Waals surface area contributed by atoms with Crippen LogP contribution in [0.15, 0.2) is 16.6 Å². The Bertz CT molecular complexity index is 808. The summed E-state index contributed by atoms with van der Waals surface area (Å²) < 4.78 is 35.5. The maximum Gasteiger partial charge on any atom is 0.246 e. The van der Waals surface area contributed by atoms with Crippen LogP contribution in [0.4, 0.5) is 0 Å². The first-order valence-corrected chi connectivity index (χ1v) is 11.1. The third-order valence-corrected chi connectivity index (χ3v) is 6.94. The number of nitro groups is 1. The number of hydrogen-bond acceptors (Lipinski definition) is 8. The van der Waals surface area contributed by atoms with Gasteiger partial charge in [0.1, 0.15) is 6.10 Å². The molecule has 0 bridgehead atoms. The molecule has 3 heterocycles. The van der Waals surface area contributed by atoms with Crippen LogP contribution in [0, 0.1) is 10.1 Å². The van der Waals surface area contributed by atoms with E-state index in [2.05, 4.69) is 15.9 Å². The van der Waals surface area contributed by atoms with Crippen LogP contribution in [0.1, 0.15) is 43.6 Å². The monoisotopic (exact) mass is 485 g/mol. The molecule has 1 aromatic carbocycles. The Morgan fingerprint density at radius 1 is 1.10 bits per heavy atom. The Hall–Kier alpha value is -1.46. The van der Waals surface area contributed by atoms with E-state index in [1.807, 2.05) is 6.07 Å². The summed E-state index contributed by atoms with van der Waals surface area (Å²) in [6.07, 6.45) is 2.22. The topological polar surface area (TPSA) is 98.5 Å². The van der Waals surface area contributed by atoms with Gasteiger partial charge >= 0.3 is 0 Å². The van der Waals surface area contributed by atoms with E-state index in [1.54, 1.807) is 6.07 Å². The average Bonchev–Trinajstić information content (AvgIpc) is 3.36. The molecule has 4 unspecified atom stereocenters. The summed E-state index contributed by atoms with van der Waals surface area (Å²) in [6, 6.07) is 2.65. The van der Waals surface area contributed by atoms with Crippen molar-refractivity contribution < 1.29 is 33.3 Å². The van der Waals surface area contributed by atoms with Crippen LogP contribution in [0.2, 0.25) is 0 Å². The molecular formula is C20H24BrNO8. The molecule has 1 aromatic rings. The first-order chi connectivity index (χ1) is 14.5. The molecule has 9 nitrogen and oxygen atoms in total. The lowest BCUT2D eigenvalue weighted by atomic mass is 9.75. The molecule has 1 spiro atoms. The molecule has 3 aliphatic heterocycles. The molecule has 164 valence electrons. The molecule has 1 saturated carbocycles. The van der Waals surface area contributed by atoms with E-state index < -0.39 is 30.1 Å². The second-order valence-electron chi connectivity index (χ2n) is 8.10. The van der Waals surface area contributed by atoms with Crippen molar-refractivity contribution in [1.82, 2.24) is 0 Å². The zero-order valence-electron chi connectivity index (χ0n) is 16.4. The van der Waals surface area contributed by atoms with E-state index >= 15 is 0 Å². The minimum atomic E-state index is -0.967. The van der Waals surface area contributed by atoms with Crippen LogP contribution in [0.5, 0.6) is 11.5 Å². The Morgan fingerprint density at radius 3 is 2.57 bits per heavy atom. The lowest BCUT2D eigenvalue weighted by Crippen LogP contribution is -2.54. The van der Waals surface area contributed by atoms with Gasteiger partial charge < -0.3 is 28.4 Å². The summed E-state index contributed by atoms with van der Waals surface area (Å²) >= 11 is 3.57. The molecule has 30 heavy (non-hydrogen) atoms. The Balaban J connectivity index is 1.51. The van der Waals surface area contributed by atoms with Gasteiger partial charge in [0.2, 0.25) is 12.8 Å². The number of fused-ring (bicyclic) bond motifs is 1. The fourth-order valence-electron chi connectivity index (χ4n) is 4.89. The lowest BCUT2D eigenvalue weighted by molar-refractivity contribution is -0.550. The second kappa shape index (κ2) is 8.23. The van der Waals surface area contributed by atoms with E-state index in [0.29, 0.717) is 44.2 Å². The van der Waals surface area contributed by atoms with Crippen LogP contribution in [-0.2, 0) is 18.9 Å². The van der Waals surface area contributed by atoms with Gasteiger partial charge in [-0.25, -0.2) is 0 Å². The highest BCUT2D eigenvalue weighted by atomic mass is 79.9. The fourth-order valence-corrected chi connectivity index (χ4v) is 5.51. The largest absolute Gasteiger partial charge is 0.454 e. The van der Waals surface area contributed by atoms with E-state index in [4.69, 9.17) is 28.4 Å². The number of ether oxygens (including phenoxy) is 6. The molecule has 0 aromatic heterocycles. The quantitative estimate of drug-likeness (QED) is 0.472. The predicted octanol–water partition coefficient (Wildman–Crippen LogP) is 3.36. The van der Waals surface area contributed by atoms with Crippen molar-refractivity contribution in [2.24, 2.45) is 0 Å². The summed E-state index contributed by atoms with van der Waals surface area (Å²) in [5.74, 6) is -0.196. The van der Waals surface area contributed by atoms with E-state index in [-0.39, 0.29) is 11.7 Å². The maximum atomic E-state index is 12.3. The normalized spacial score (nSPS) is 32.4. The van der Waals surface area contributed by atoms with Crippen molar-refractivity contribution in [2.75, 3.05) is 26.6 Å². The number of halogens is 1. The van der Waals surface area contributed by atoms with Crippen LogP contribution in [-0.4, -0.2) is 55.8 Å². The Kier molecular flexibility index (Phi) is 5.61. The molecule has 4 atom stereocenters. The SMILES string of the molecule is O=[N+]([O-])C1C(OC2CCCCO2)CC2(CC1c1cc3c(cc1Br)OCO3)OCCO2. The molecule has 5 rings (SSSR count). The first-order valence-electron chi connectivity index (χ1n) is 10.3. The smallest absolute Gasteiger partial charge is 0.246 e. The van der Waals surface area contributed by atoms with Gasteiger partial charge in [-0.2, -0.15) is 0 Å². The van der Waals surface area contributed by atoms with Gasteiger partial charge in [0.15, 0.2) is 23.6 Å². The Morgan fingerprint density at radius 2 is 1.87 bits per heavy atom. The highest BCUT2D eigenvalue weighted by molar-refractivity contribution is 9.10.